The van der Waals surface area contributed by atoms with Crippen LogP contribution in [-0.2, 0) is 5.32 Å². The van der Waals surface area contributed by atoms with Crippen molar-refractivity contribution in [2.75, 3.05) is 0 Å². The molecule has 0 unspecified atom stereocenters. The molecule has 0 spiro atoms. The number of thiophene rings is 1. The summed E-state index contributed by atoms with van der Waals surface area (Å²) < 4.78 is 1.49. The fourth-order valence-electron chi connectivity index (χ4n) is 1.23. The first-order valence-corrected chi connectivity index (χ1v) is 7.46. The first kappa shape index (κ1) is 9.97. The summed E-state index contributed by atoms with van der Waals surface area (Å²) >= 11 is 2.52. The molecule has 14 heavy (non-hydrogen) atoms. The molecule has 0 N–H and O–H groups in total. The van der Waals surface area contributed by atoms with Crippen LogP contribution in [0, 0.1) is 6.92 Å². The molecule has 0 saturated heterocycles. The van der Waals surface area contributed by atoms with E-state index in [2.05, 4.69) is 49.4 Å². The average Bonchev–Trinajstić information content (AvgIpc) is 2.63. The van der Waals surface area contributed by atoms with E-state index in [-0.39, 0.29) is 0 Å². The van der Waals surface area contributed by atoms with E-state index in [1.165, 1.54) is 19.5 Å². The van der Waals surface area contributed by atoms with E-state index in [9.17, 15) is 0 Å². The molecule has 0 saturated carbocycles. The molecule has 2 aromatic rings. The summed E-state index contributed by atoms with van der Waals surface area (Å²) in [6.07, 6.45) is 0. The second-order valence-corrected chi connectivity index (χ2v) is 6.69. The molecule has 0 aliphatic heterocycles. The molecule has 0 aliphatic rings. The molecular weight excluding hydrogens is 255 g/mol. The van der Waals surface area contributed by atoms with Crippen LogP contribution in [0.1, 0.15) is 9.75 Å². The molecule has 1 heterocycles. The Kier molecular flexibility index (Phi) is 3.41. The van der Waals surface area contributed by atoms with E-state index < -0.39 is 0 Å². The number of rotatable bonds is 3. The molecular formula is C12H12SSe. The topological polar surface area (TPSA) is 0 Å². The van der Waals surface area contributed by atoms with E-state index in [4.69, 9.17) is 0 Å². The normalized spacial score (nSPS) is 10.4. The average molecular weight is 267 g/mol. The van der Waals surface area contributed by atoms with Gasteiger partial charge in [0.1, 0.15) is 0 Å². The second kappa shape index (κ2) is 4.79. The van der Waals surface area contributed by atoms with Gasteiger partial charge < -0.3 is 0 Å². The van der Waals surface area contributed by atoms with Crippen molar-refractivity contribution < 1.29 is 0 Å². The zero-order valence-corrected chi connectivity index (χ0v) is 10.6. The molecule has 0 bridgehead atoms. The van der Waals surface area contributed by atoms with Crippen LogP contribution in [-0.4, -0.2) is 15.0 Å². The van der Waals surface area contributed by atoms with Gasteiger partial charge in [-0.05, 0) is 0 Å². The van der Waals surface area contributed by atoms with Crippen LogP contribution in [0.5, 0.6) is 0 Å². The Hall–Kier alpha value is -0.561. The van der Waals surface area contributed by atoms with Crippen LogP contribution in [0.25, 0.3) is 0 Å². The van der Waals surface area contributed by atoms with Crippen LogP contribution >= 0.6 is 11.3 Å². The minimum atomic E-state index is 0.596. The fraction of sp³-hybridized carbons (Fsp3) is 0.167. The molecule has 0 radical (unpaired) electrons. The zero-order chi connectivity index (χ0) is 9.80. The summed E-state index contributed by atoms with van der Waals surface area (Å²) in [4.78, 5) is 2.94. The van der Waals surface area contributed by atoms with Crippen LogP contribution in [0.4, 0.5) is 0 Å². The van der Waals surface area contributed by atoms with Gasteiger partial charge in [0.15, 0.2) is 0 Å². The predicted molar refractivity (Wildman–Crippen MR) is 64.6 cm³/mol. The van der Waals surface area contributed by atoms with Crippen molar-refractivity contribution in [2.24, 2.45) is 0 Å². The molecule has 2 heteroatoms. The van der Waals surface area contributed by atoms with Crippen molar-refractivity contribution in [1.82, 2.24) is 0 Å². The Bertz CT molecular complexity index is 392. The van der Waals surface area contributed by atoms with Gasteiger partial charge in [-0.2, -0.15) is 0 Å². The van der Waals surface area contributed by atoms with E-state index in [0.29, 0.717) is 15.0 Å². The van der Waals surface area contributed by atoms with Gasteiger partial charge in [0.2, 0.25) is 0 Å². The summed E-state index contributed by atoms with van der Waals surface area (Å²) in [7, 11) is 0. The maximum atomic E-state index is 2.25. The minimum absolute atomic E-state index is 0.596. The van der Waals surface area contributed by atoms with Crippen molar-refractivity contribution in [2.45, 2.75) is 12.2 Å². The number of hydrogen-bond acceptors (Lipinski definition) is 1. The van der Waals surface area contributed by atoms with Crippen molar-refractivity contribution in [1.29, 1.82) is 0 Å². The van der Waals surface area contributed by atoms with Crippen LogP contribution < -0.4 is 4.46 Å². The molecule has 0 fully saturated rings. The summed E-state index contributed by atoms with van der Waals surface area (Å²) in [5.74, 6) is 0. The van der Waals surface area contributed by atoms with Crippen molar-refractivity contribution in [3.63, 3.8) is 0 Å². The Balaban J connectivity index is 1.95. The molecule has 0 aliphatic carbocycles. The van der Waals surface area contributed by atoms with E-state index in [1.54, 1.807) is 0 Å². The van der Waals surface area contributed by atoms with Gasteiger partial charge in [0.25, 0.3) is 0 Å². The Morgan fingerprint density at radius 3 is 2.50 bits per heavy atom. The van der Waals surface area contributed by atoms with E-state index in [0.717, 1.165) is 0 Å². The SMILES string of the molecule is Cc1ccc(C[Se]c2ccccc2)s1. The third kappa shape index (κ3) is 2.71. The standard InChI is InChI=1S/C12H12SSe/c1-10-7-8-11(13-10)9-14-12-5-3-2-4-6-12/h2-8H,9H2,1H3. The Morgan fingerprint density at radius 1 is 1.07 bits per heavy atom. The fourth-order valence-corrected chi connectivity index (χ4v) is 4.24. The van der Waals surface area contributed by atoms with Gasteiger partial charge in [-0.1, -0.05) is 0 Å². The molecule has 1 aromatic carbocycles. The van der Waals surface area contributed by atoms with Gasteiger partial charge in [0, 0.05) is 0 Å². The van der Waals surface area contributed by atoms with Gasteiger partial charge in [-0.3, -0.25) is 0 Å². The summed E-state index contributed by atoms with van der Waals surface area (Å²) in [5.41, 5.74) is 0. The molecule has 0 atom stereocenters. The van der Waals surface area contributed by atoms with E-state index in [1.807, 2.05) is 11.3 Å². The van der Waals surface area contributed by atoms with Crippen LogP contribution in [0.3, 0.4) is 0 Å². The van der Waals surface area contributed by atoms with Gasteiger partial charge in [-0.25, -0.2) is 0 Å². The monoisotopic (exact) mass is 268 g/mol. The second-order valence-electron chi connectivity index (χ2n) is 3.11. The molecule has 0 amide bonds. The van der Waals surface area contributed by atoms with Gasteiger partial charge >= 0.3 is 95.2 Å². The predicted octanol–water partition coefficient (Wildman–Crippen LogP) is 2.59. The van der Waals surface area contributed by atoms with Crippen LogP contribution in [0.2, 0.25) is 0 Å². The van der Waals surface area contributed by atoms with Gasteiger partial charge in [0.05, 0.1) is 0 Å². The van der Waals surface area contributed by atoms with Crippen molar-refractivity contribution in [3.8, 4) is 0 Å². The third-order valence-electron chi connectivity index (χ3n) is 1.92. The number of aryl methyl sites for hydroxylation is 1. The summed E-state index contributed by atoms with van der Waals surface area (Å²) in [5, 5.41) is 1.23. The first-order valence-electron chi connectivity index (χ1n) is 4.58. The maximum absolute atomic E-state index is 2.25. The molecule has 72 valence electrons. The number of hydrogen-bond donors (Lipinski definition) is 0. The first-order chi connectivity index (χ1) is 6.84. The van der Waals surface area contributed by atoms with Crippen molar-refractivity contribution >= 4 is 30.8 Å². The zero-order valence-electron chi connectivity index (χ0n) is 8.07. The number of benzene rings is 1. The molecule has 1 aromatic heterocycles. The summed E-state index contributed by atoms with van der Waals surface area (Å²) in [6.45, 7) is 2.17. The van der Waals surface area contributed by atoms with E-state index >= 15 is 0 Å². The van der Waals surface area contributed by atoms with Crippen molar-refractivity contribution in [3.05, 3.63) is 52.2 Å². The van der Waals surface area contributed by atoms with Crippen LogP contribution in [0.15, 0.2) is 42.5 Å². The summed E-state index contributed by atoms with van der Waals surface area (Å²) in [6, 6.07) is 15.2. The third-order valence-corrected chi connectivity index (χ3v) is 5.56. The molecule has 2 rings (SSSR count). The quantitative estimate of drug-likeness (QED) is 0.750. The van der Waals surface area contributed by atoms with Gasteiger partial charge in [-0.15, -0.1) is 0 Å². The molecule has 0 nitrogen and oxygen atoms in total. The Morgan fingerprint density at radius 2 is 1.86 bits per heavy atom. The Labute approximate surface area is 95.1 Å².